The molecule has 4 nitrogen and oxygen atoms in total. The van der Waals surface area contributed by atoms with E-state index in [0.717, 1.165) is 57.8 Å². The van der Waals surface area contributed by atoms with Crippen LogP contribution in [0.5, 0.6) is 0 Å². The number of likely N-dealkylation sites (tertiary alicyclic amines) is 1. The summed E-state index contributed by atoms with van der Waals surface area (Å²) in [4.78, 5) is 14.1. The van der Waals surface area contributed by atoms with Crippen LogP contribution in [-0.2, 0) is 9.53 Å². The van der Waals surface area contributed by atoms with E-state index in [2.05, 4.69) is 12.2 Å². The number of halogens is 1. The van der Waals surface area contributed by atoms with Crippen LogP contribution >= 0.6 is 12.4 Å². The maximum absolute atomic E-state index is 12.1. The van der Waals surface area contributed by atoms with Gasteiger partial charge in [-0.3, -0.25) is 4.79 Å². The zero-order chi connectivity index (χ0) is 13.5. The minimum atomic E-state index is 0. The van der Waals surface area contributed by atoms with Gasteiger partial charge in [0.1, 0.15) is 0 Å². The third-order valence-corrected chi connectivity index (χ3v) is 3.99. The molecule has 1 saturated heterocycles. The summed E-state index contributed by atoms with van der Waals surface area (Å²) >= 11 is 0. The molecule has 0 aromatic carbocycles. The number of carbonyl (C=O) groups excluding carboxylic acids is 1. The standard InChI is InChI=1S/C15H28N2O2.ClH/c1-2-10-19-14-4-3-8-17(9-7-14)15(18)12-16-11-13-5-6-13;/h13-14,16H,2-12H2,1H3;1H. The highest BCUT2D eigenvalue weighted by molar-refractivity contribution is 5.85. The van der Waals surface area contributed by atoms with Gasteiger partial charge in [0.15, 0.2) is 0 Å². The van der Waals surface area contributed by atoms with E-state index in [4.69, 9.17) is 4.74 Å². The van der Waals surface area contributed by atoms with E-state index >= 15 is 0 Å². The molecule has 2 aliphatic rings. The van der Waals surface area contributed by atoms with E-state index in [1.807, 2.05) is 4.90 Å². The molecule has 2 fully saturated rings. The molecule has 1 amide bonds. The Morgan fingerprint density at radius 1 is 1.25 bits per heavy atom. The van der Waals surface area contributed by atoms with Crippen molar-refractivity contribution >= 4 is 18.3 Å². The fraction of sp³-hybridized carbons (Fsp3) is 0.933. The maximum Gasteiger partial charge on any atom is 0.236 e. The first-order valence-corrected chi connectivity index (χ1v) is 7.89. The Balaban J connectivity index is 0.00000200. The molecular formula is C15H29ClN2O2. The van der Waals surface area contributed by atoms with Gasteiger partial charge < -0.3 is 15.0 Å². The number of hydrogen-bond donors (Lipinski definition) is 1. The molecular weight excluding hydrogens is 276 g/mol. The first kappa shape index (κ1) is 17.7. The van der Waals surface area contributed by atoms with Gasteiger partial charge >= 0.3 is 0 Å². The molecule has 2 rings (SSSR count). The molecule has 5 heteroatoms. The van der Waals surface area contributed by atoms with Crippen LogP contribution in [0.15, 0.2) is 0 Å². The lowest BCUT2D eigenvalue weighted by Crippen LogP contribution is -2.39. The van der Waals surface area contributed by atoms with Crippen molar-refractivity contribution in [2.24, 2.45) is 5.92 Å². The molecule has 118 valence electrons. The lowest BCUT2D eigenvalue weighted by Gasteiger charge is -2.21. The largest absolute Gasteiger partial charge is 0.378 e. The number of nitrogens with zero attached hydrogens (tertiary/aromatic N) is 1. The Morgan fingerprint density at radius 2 is 2.05 bits per heavy atom. The van der Waals surface area contributed by atoms with Crippen LogP contribution in [0.25, 0.3) is 0 Å². The average Bonchev–Trinajstić information content (AvgIpc) is 3.22. The molecule has 1 saturated carbocycles. The molecule has 1 heterocycles. The van der Waals surface area contributed by atoms with E-state index in [1.54, 1.807) is 0 Å². The summed E-state index contributed by atoms with van der Waals surface area (Å²) < 4.78 is 5.81. The SMILES string of the molecule is CCCOC1CCCN(C(=O)CNCC2CC2)CC1.Cl. The quantitative estimate of drug-likeness (QED) is 0.784. The predicted octanol–water partition coefficient (Wildman–Crippen LogP) is 2.22. The second kappa shape index (κ2) is 9.59. The Morgan fingerprint density at radius 3 is 2.75 bits per heavy atom. The van der Waals surface area contributed by atoms with Crippen molar-refractivity contribution in [1.82, 2.24) is 10.2 Å². The minimum absolute atomic E-state index is 0. The fourth-order valence-electron chi connectivity index (χ4n) is 2.58. The minimum Gasteiger partial charge on any atom is -0.378 e. The van der Waals surface area contributed by atoms with Crippen molar-refractivity contribution in [2.75, 3.05) is 32.8 Å². The predicted molar refractivity (Wildman–Crippen MR) is 83.3 cm³/mol. The van der Waals surface area contributed by atoms with E-state index in [0.29, 0.717) is 12.6 Å². The van der Waals surface area contributed by atoms with Crippen LogP contribution in [0.4, 0.5) is 0 Å². The van der Waals surface area contributed by atoms with E-state index in [1.165, 1.54) is 12.8 Å². The first-order chi connectivity index (χ1) is 9.29. The molecule has 0 spiro atoms. The van der Waals surface area contributed by atoms with Crippen molar-refractivity contribution in [3.05, 3.63) is 0 Å². The summed E-state index contributed by atoms with van der Waals surface area (Å²) in [7, 11) is 0. The van der Waals surface area contributed by atoms with Crippen LogP contribution in [0.2, 0.25) is 0 Å². The number of ether oxygens (including phenoxy) is 1. The zero-order valence-electron chi connectivity index (χ0n) is 12.6. The van der Waals surface area contributed by atoms with Gasteiger partial charge in [0, 0.05) is 19.7 Å². The van der Waals surface area contributed by atoms with E-state index in [-0.39, 0.29) is 18.3 Å². The molecule has 1 atom stereocenters. The average molecular weight is 305 g/mol. The number of amides is 1. The smallest absolute Gasteiger partial charge is 0.236 e. The highest BCUT2D eigenvalue weighted by atomic mass is 35.5. The number of nitrogens with one attached hydrogen (secondary N) is 1. The third kappa shape index (κ3) is 6.42. The monoisotopic (exact) mass is 304 g/mol. The fourth-order valence-corrected chi connectivity index (χ4v) is 2.58. The van der Waals surface area contributed by atoms with Gasteiger partial charge in [-0.05, 0) is 51.0 Å². The van der Waals surface area contributed by atoms with Crippen LogP contribution in [0, 0.1) is 5.92 Å². The topological polar surface area (TPSA) is 41.6 Å². The molecule has 1 N–H and O–H groups in total. The van der Waals surface area contributed by atoms with Crippen LogP contribution in [0.1, 0.15) is 45.4 Å². The van der Waals surface area contributed by atoms with Crippen LogP contribution in [0.3, 0.4) is 0 Å². The molecule has 0 aromatic heterocycles. The maximum atomic E-state index is 12.1. The molecule has 1 aliphatic carbocycles. The summed E-state index contributed by atoms with van der Waals surface area (Å²) in [5.41, 5.74) is 0. The lowest BCUT2D eigenvalue weighted by atomic mass is 10.2. The summed E-state index contributed by atoms with van der Waals surface area (Å²) in [5.74, 6) is 1.10. The highest BCUT2D eigenvalue weighted by Gasteiger charge is 2.23. The van der Waals surface area contributed by atoms with Gasteiger partial charge in [-0.1, -0.05) is 6.92 Å². The normalized spacial score (nSPS) is 23.1. The molecule has 1 unspecified atom stereocenters. The zero-order valence-corrected chi connectivity index (χ0v) is 13.4. The Hall–Kier alpha value is -0.320. The molecule has 1 aliphatic heterocycles. The second-order valence-corrected chi connectivity index (χ2v) is 5.88. The summed E-state index contributed by atoms with van der Waals surface area (Å²) in [5, 5.41) is 3.29. The lowest BCUT2D eigenvalue weighted by molar-refractivity contribution is -0.130. The van der Waals surface area contributed by atoms with Gasteiger partial charge in [-0.25, -0.2) is 0 Å². The second-order valence-electron chi connectivity index (χ2n) is 5.88. The number of hydrogen-bond acceptors (Lipinski definition) is 3. The summed E-state index contributed by atoms with van der Waals surface area (Å²) in [6, 6.07) is 0. The van der Waals surface area contributed by atoms with Gasteiger partial charge in [-0.2, -0.15) is 0 Å². The van der Waals surface area contributed by atoms with Crippen LogP contribution < -0.4 is 5.32 Å². The van der Waals surface area contributed by atoms with Crippen LogP contribution in [-0.4, -0.2) is 49.7 Å². The van der Waals surface area contributed by atoms with Crippen molar-refractivity contribution in [1.29, 1.82) is 0 Å². The van der Waals surface area contributed by atoms with Crippen molar-refractivity contribution in [3.8, 4) is 0 Å². The van der Waals surface area contributed by atoms with E-state index < -0.39 is 0 Å². The van der Waals surface area contributed by atoms with Crippen molar-refractivity contribution in [2.45, 2.75) is 51.6 Å². The van der Waals surface area contributed by atoms with E-state index in [9.17, 15) is 4.79 Å². The van der Waals surface area contributed by atoms with Crippen molar-refractivity contribution < 1.29 is 9.53 Å². The van der Waals surface area contributed by atoms with Crippen molar-refractivity contribution in [3.63, 3.8) is 0 Å². The van der Waals surface area contributed by atoms with Gasteiger partial charge in [0.05, 0.1) is 12.6 Å². The summed E-state index contributed by atoms with van der Waals surface area (Å²) in [6.07, 6.45) is 7.26. The molecule has 0 bridgehead atoms. The molecule has 0 aromatic rings. The Kier molecular flexibility index (Phi) is 8.50. The third-order valence-electron chi connectivity index (χ3n) is 3.99. The molecule has 0 radical (unpaired) electrons. The van der Waals surface area contributed by atoms with Gasteiger partial charge in [0.2, 0.25) is 5.91 Å². The Bertz CT molecular complexity index is 285. The number of carbonyl (C=O) groups is 1. The number of rotatable bonds is 7. The first-order valence-electron chi connectivity index (χ1n) is 7.89. The highest BCUT2D eigenvalue weighted by Crippen LogP contribution is 2.27. The van der Waals surface area contributed by atoms with Gasteiger partial charge in [-0.15, -0.1) is 12.4 Å². The Labute approximate surface area is 129 Å². The van der Waals surface area contributed by atoms with Gasteiger partial charge in [0.25, 0.3) is 0 Å². The molecule has 20 heavy (non-hydrogen) atoms. The summed E-state index contributed by atoms with van der Waals surface area (Å²) in [6.45, 7) is 6.27.